The van der Waals surface area contributed by atoms with Gasteiger partial charge < -0.3 is 5.73 Å². The fourth-order valence-corrected chi connectivity index (χ4v) is 2.47. The summed E-state index contributed by atoms with van der Waals surface area (Å²) in [5, 5.41) is 0. The maximum atomic E-state index is 13.5. The number of hydrogen-bond donors (Lipinski definition) is 1. The van der Waals surface area contributed by atoms with E-state index in [0.717, 1.165) is 12.8 Å². The molecule has 0 heterocycles. The van der Waals surface area contributed by atoms with Crippen LogP contribution in [0.4, 0.5) is 10.1 Å². The standard InChI is InChI=1S/C12H14BrFN2/c13-9-6-3-7-10(14)11(9)16-12(15)8-4-1-2-5-8/h3,6-8H,1-2,4-5H2,(H2,15,16). The Morgan fingerprint density at radius 3 is 2.69 bits per heavy atom. The van der Waals surface area contributed by atoms with Crippen molar-refractivity contribution in [3.05, 3.63) is 28.5 Å². The highest BCUT2D eigenvalue weighted by molar-refractivity contribution is 9.10. The van der Waals surface area contributed by atoms with Gasteiger partial charge in [0.1, 0.15) is 17.3 Å². The molecule has 1 saturated carbocycles. The van der Waals surface area contributed by atoms with Gasteiger partial charge in [0, 0.05) is 10.4 Å². The van der Waals surface area contributed by atoms with Crippen molar-refractivity contribution in [3.63, 3.8) is 0 Å². The molecular formula is C12H14BrFN2. The van der Waals surface area contributed by atoms with Crippen LogP contribution in [-0.2, 0) is 0 Å². The lowest BCUT2D eigenvalue weighted by Crippen LogP contribution is -2.20. The maximum absolute atomic E-state index is 13.5. The van der Waals surface area contributed by atoms with E-state index in [1.807, 2.05) is 0 Å². The number of amidine groups is 1. The van der Waals surface area contributed by atoms with Crippen molar-refractivity contribution in [2.45, 2.75) is 25.7 Å². The fraction of sp³-hybridized carbons (Fsp3) is 0.417. The second-order valence-corrected chi connectivity index (χ2v) is 4.94. The Kier molecular flexibility index (Phi) is 3.59. The van der Waals surface area contributed by atoms with Gasteiger partial charge >= 0.3 is 0 Å². The van der Waals surface area contributed by atoms with E-state index in [1.54, 1.807) is 12.1 Å². The summed E-state index contributed by atoms with van der Waals surface area (Å²) in [6.07, 6.45) is 4.53. The molecule has 0 aromatic heterocycles. The van der Waals surface area contributed by atoms with Gasteiger partial charge in [0.15, 0.2) is 0 Å². The summed E-state index contributed by atoms with van der Waals surface area (Å²) in [6, 6.07) is 4.81. The molecule has 0 radical (unpaired) electrons. The van der Waals surface area contributed by atoms with Crippen LogP contribution in [0.3, 0.4) is 0 Å². The Morgan fingerprint density at radius 2 is 2.06 bits per heavy atom. The highest BCUT2D eigenvalue weighted by Crippen LogP contribution is 2.31. The Labute approximate surface area is 103 Å². The molecule has 0 amide bonds. The first-order valence-electron chi connectivity index (χ1n) is 5.46. The third-order valence-corrected chi connectivity index (χ3v) is 3.59. The van der Waals surface area contributed by atoms with E-state index in [9.17, 15) is 4.39 Å². The summed E-state index contributed by atoms with van der Waals surface area (Å²) < 4.78 is 14.2. The van der Waals surface area contributed by atoms with Gasteiger partial charge in [-0.25, -0.2) is 9.38 Å². The molecule has 1 aliphatic carbocycles. The first kappa shape index (κ1) is 11.6. The SMILES string of the molecule is NC(=Nc1c(F)cccc1Br)C1CCCC1. The molecule has 16 heavy (non-hydrogen) atoms. The molecule has 86 valence electrons. The lowest BCUT2D eigenvalue weighted by Gasteiger charge is -2.09. The van der Waals surface area contributed by atoms with Crippen molar-refractivity contribution in [2.75, 3.05) is 0 Å². The molecular weight excluding hydrogens is 271 g/mol. The number of hydrogen-bond acceptors (Lipinski definition) is 1. The molecule has 0 bridgehead atoms. The third-order valence-electron chi connectivity index (χ3n) is 2.95. The molecule has 0 atom stereocenters. The van der Waals surface area contributed by atoms with Crippen LogP contribution in [0.15, 0.2) is 27.7 Å². The van der Waals surface area contributed by atoms with E-state index < -0.39 is 0 Å². The zero-order chi connectivity index (χ0) is 11.5. The molecule has 1 aliphatic rings. The molecule has 0 spiro atoms. The number of rotatable bonds is 2. The van der Waals surface area contributed by atoms with E-state index in [-0.39, 0.29) is 5.82 Å². The predicted molar refractivity (Wildman–Crippen MR) is 67.3 cm³/mol. The van der Waals surface area contributed by atoms with Gasteiger partial charge in [0.05, 0.1) is 0 Å². The Balaban J connectivity index is 2.27. The molecule has 2 rings (SSSR count). The summed E-state index contributed by atoms with van der Waals surface area (Å²) in [4.78, 5) is 4.21. The highest BCUT2D eigenvalue weighted by Gasteiger charge is 2.19. The van der Waals surface area contributed by atoms with Crippen LogP contribution < -0.4 is 5.73 Å². The Morgan fingerprint density at radius 1 is 1.38 bits per heavy atom. The topological polar surface area (TPSA) is 38.4 Å². The number of halogens is 2. The lowest BCUT2D eigenvalue weighted by atomic mass is 10.1. The van der Waals surface area contributed by atoms with Crippen LogP contribution >= 0.6 is 15.9 Å². The molecule has 1 fully saturated rings. The third kappa shape index (κ3) is 2.43. The summed E-state index contributed by atoms with van der Waals surface area (Å²) in [7, 11) is 0. The van der Waals surface area contributed by atoms with E-state index in [1.165, 1.54) is 18.9 Å². The van der Waals surface area contributed by atoms with E-state index >= 15 is 0 Å². The molecule has 4 heteroatoms. The van der Waals surface area contributed by atoms with Crippen LogP contribution in [0.2, 0.25) is 0 Å². The summed E-state index contributed by atoms with van der Waals surface area (Å²) >= 11 is 3.28. The normalized spacial score (nSPS) is 18.0. The van der Waals surface area contributed by atoms with Crippen LogP contribution in [0.25, 0.3) is 0 Å². The monoisotopic (exact) mass is 284 g/mol. The van der Waals surface area contributed by atoms with Gasteiger partial charge in [-0.05, 0) is 40.9 Å². The summed E-state index contributed by atoms with van der Waals surface area (Å²) in [5.41, 5.74) is 6.22. The second kappa shape index (κ2) is 4.95. The van der Waals surface area contributed by atoms with Gasteiger partial charge in [-0.15, -0.1) is 0 Å². The summed E-state index contributed by atoms with van der Waals surface area (Å²) in [5.74, 6) is 0.546. The van der Waals surface area contributed by atoms with Crippen LogP contribution in [0.1, 0.15) is 25.7 Å². The predicted octanol–water partition coefficient (Wildman–Crippen LogP) is 3.77. The summed E-state index contributed by atoms with van der Waals surface area (Å²) in [6.45, 7) is 0. The molecule has 0 saturated heterocycles. The minimum absolute atomic E-state index is 0.312. The second-order valence-electron chi connectivity index (χ2n) is 4.09. The number of nitrogens with zero attached hydrogens (tertiary/aromatic N) is 1. The minimum atomic E-state index is -0.338. The zero-order valence-corrected chi connectivity index (χ0v) is 10.5. The zero-order valence-electron chi connectivity index (χ0n) is 8.92. The molecule has 1 aromatic rings. The maximum Gasteiger partial charge on any atom is 0.150 e. The van der Waals surface area contributed by atoms with Crippen LogP contribution in [-0.4, -0.2) is 5.84 Å². The van der Waals surface area contributed by atoms with E-state index in [0.29, 0.717) is 21.9 Å². The molecule has 0 aliphatic heterocycles. The average Bonchev–Trinajstić information content (AvgIpc) is 2.76. The van der Waals surface area contributed by atoms with Gasteiger partial charge in [0.2, 0.25) is 0 Å². The lowest BCUT2D eigenvalue weighted by molar-refractivity contribution is 0.628. The van der Waals surface area contributed by atoms with Gasteiger partial charge in [-0.1, -0.05) is 18.9 Å². The Bertz CT molecular complexity index is 391. The first-order chi connectivity index (χ1) is 7.68. The van der Waals surface area contributed by atoms with E-state index in [2.05, 4.69) is 20.9 Å². The molecule has 2 N–H and O–H groups in total. The van der Waals surface area contributed by atoms with E-state index in [4.69, 9.17) is 5.73 Å². The van der Waals surface area contributed by atoms with Crippen molar-refractivity contribution in [1.29, 1.82) is 0 Å². The molecule has 2 nitrogen and oxygen atoms in total. The van der Waals surface area contributed by atoms with Gasteiger partial charge in [-0.2, -0.15) is 0 Å². The van der Waals surface area contributed by atoms with Crippen molar-refractivity contribution >= 4 is 27.5 Å². The minimum Gasteiger partial charge on any atom is -0.387 e. The number of nitrogens with two attached hydrogens (primary N) is 1. The quantitative estimate of drug-likeness (QED) is 0.652. The largest absolute Gasteiger partial charge is 0.387 e. The highest BCUT2D eigenvalue weighted by atomic mass is 79.9. The van der Waals surface area contributed by atoms with Crippen molar-refractivity contribution in [2.24, 2.45) is 16.6 Å². The van der Waals surface area contributed by atoms with Crippen molar-refractivity contribution < 1.29 is 4.39 Å². The van der Waals surface area contributed by atoms with Crippen LogP contribution in [0, 0.1) is 11.7 Å². The van der Waals surface area contributed by atoms with Crippen LogP contribution in [0.5, 0.6) is 0 Å². The molecule has 0 unspecified atom stereocenters. The average molecular weight is 285 g/mol. The number of para-hydroxylation sites is 1. The van der Waals surface area contributed by atoms with Gasteiger partial charge in [-0.3, -0.25) is 0 Å². The molecule has 1 aromatic carbocycles. The number of aliphatic imine (C=N–C) groups is 1. The fourth-order valence-electron chi connectivity index (χ4n) is 2.04. The van der Waals surface area contributed by atoms with Crippen molar-refractivity contribution in [1.82, 2.24) is 0 Å². The smallest absolute Gasteiger partial charge is 0.150 e. The van der Waals surface area contributed by atoms with Gasteiger partial charge in [0.25, 0.3) is 0 Å². The number of benzene rings is 1. The van der Waals surface area contributed by atoms with Crippen molar-refractivity contribution in [3.8, 4) is 0 Å². The first-order valence-corrected chi connectivity index (χ1v) is 6.26. The Hall–Kier alpha value is -0.900.